The maximum Gasteiger partial charge on any atom is 0.217 e. The van der Waals surface area contributed by atoms with Gasteiger partial charge in [-0.3, -0.25) is 4.90 Å². The molecule has 0 bridgehead atoms. The van der Waals surface area contributed by atoms with Crippen LogP contribution in [-0.2, 0) is 29.5 Å². The van der Waals surface area contributed by atoms with Crippen molar-refractivity contribution in [1.29, 1.82) is 0 Å². The van der Waals surface area contributed by atoms with E-state index in [1.165, 1.54) is 4.88 Å². The molecule has 1 unspecified atom stereocenters. The third kappa shape index (κ3) is 4.99. The second kappa shape index (κ2) is 8.28. The maximum absolute atomic E-state index is 11.9. The molecule has 1 atom stereocenters. The molecule has 1 saturated heterocycles. The number of hydrogen-bond acceptors (Lipinski definition) is 7. The van der Waals surface area contributed by atoms with Gasteiger partial charge in [0.05, 0.1) is 24.7 Å². The van der Waals surface area contributed by atoms with Crippen molar-refractivity contribution in [3.63, 3.8) is 0 Å². The third-order valence-electron chi connectivity index (χ3n) is 4.49. The summed E-state index contributed by atoms with van der Waals surface area (Å²) in [6, 6.07) is 4.17. The van der Waals surface area contributed by atoms with Crippen LogP contribution in [0.4, 0.5) is 0 Å². The lowest BCUT2D eigenvalue weighted by Crippen LogP contribution is -2.40. The number of rotatable bonds is 8. The van der Waals surface area contributed by atoms with Crippen molar-refractivity contribution < 1.29 is 8.42 Å². The highest BCUT2D eigenvalue weighted by atomic mass is 32.2. The number of thiophene rings is 1. The fourth-order valence-corrected chi connectivity index (χ4v) is 5.91. The van der Waals surface area contributed by atoms with Gasteiger partial charge >= 0.3 is 0 Å². The number of nitrogens with zero attached hydrogens (tertiary/aromatic N) is 5. The summed E-state index contributed by atoms with van der Waals surface area (Å²) in [6.45, 7) is 6.25. The van der Waals surface area contributed by atoms with Gasteiger partial charge in [0, 0.05) is 23.9 Å². The number of tetrazole rings is 1. The minimum absolute atomic E-state index is 0.0283. The van der Waals surface area contributed by atoms with Crippen molar-refractivity contribution in [3.8, 4) is 0 Å². The van der Waals surface area contributed by atoms with Gasteiger partial charge in [0.25, 0.3) is 0 Å². The molecule has 0 radical (unpaired) electrons. The molecule has 0 spiro atoms. The van der Waals surface area contributed by atoms with Crippen molar-refractivity contribution in [1.82, 2.24) is 24.7 Å². The summed E-state index contributed by atoms with van der Waals surface area (Å²) >= 11 is 7.25. The van der Waals surface area contributed by atoms with Gasteiger partial charge in [-0.2, -0.15) is 0 Å². The van der Waals surface area contributed by atoms with Gasteiger partial charge in [0.2, 0.25) is 4.77 Å². The molecule has 26 heavy (non-hydrogen) atoms. The fourth-order valence-electron chi connectivity index (χ4n) is 3.23. The van der Waals surface area contributed by atoms with Crippen molar-refractivity contribution in [2.75, 3.05) is 18.1 Å². The highest BCUT2D eigenvalue weighted by Gasteiger charge is 2.32. The third-order valence-corrected chi connectivity index (χ3v) is 7.60. The highest BCUT2D eigenvalue weighted by molar-refractivity contribution is 7.91. The molecule has 0 N–H and O–H groups in total. The lowest BCUT2D eigenvalue weighted by Gasteiger charge is -2.29. The summed E-state index contributed by atoms with van der Waals surface area (Å²) in [5.41, 5.74) is 0. The Morgan fingerprint density at radius 3 is 2.77 bits per heavy atom. The summed E-state index contributed by atoms with van der Waals surface area (Å²) in [5.74, 6) is 0.923. The first kappa shape index (κ1) is 19.7. The average molecular weight is 416 g/mol. The summed E-state index contributed by atoms with van der Waals surface area (Å²) in [5, 5.41) is 10.5. The molecule has 0 amide bonds. The van der Waals surface area contributed by atoms with Crippen molar-refractivity contribution in [2.45, 2.75) is 45.9 Å². The molecule has 0 saturated carbocycles. The smallest absolute Gasteiger partial charge is 0.217 e. The summed E-state index contributed by atoms with van der Waals surface area (Å²) in [6.07, 6.45) is 1.55. The number of aromatic nitrogens is 4. The molecule has 1 fully saturated rings. The van der Waals surface area contributed by atoms with Crippen molar-refractivity contribution in [3.05, 3.63) is 27.2 Å². The van der Waals surface area contributed by atoms with E-state index in [-0.39, 0.29) is 17.5 Å². The maximum atomic E-state index is 11.9. The van der Waals surface area contributed by atoms with Crippen LogP contribution in [0, 0.1) is 10.7 Å². The SMILES string of the molecule is CC(C)CN(Cn1nnn(CCc2cccs2)c1=S)C1CCS(=O)(=O)C1. The van der Waals surface area contributed by atoms with Crippen LogP contribution in [0.15, 0.2) is 17.5 Å². The van der Waals surface area contributed by atoms with Crippen LogP contribution in [-0.4, -0.2) is 57.2 Å². The van der Waals surface area contributed by atoms with E-state index in [1.54, 1.807) is 20.7 Å². The van der Waals surface area contributed by atoms with Crippen LogP contribution in [0.3, 0.4) is 0 Å². The molecule has 1 aliphatic heterocycles. The Kier molecular flexibility index (Phi) is 6.26. The van der Waals surface area contributed by atoms with Crippen molar-refractivity contribution >= 4 is 33.4 Å². The Labute approximate surface area is 163 Å². The van der Waals surface area contributed by atoms with Crippen LogP contribution >= 0.6 is 23.6 Å². The molecule has 7 nitrogen and oxygen atoms in total. The largest absolute Gasteiger partial charge is 0.280 e. The Morgan fingerprint density at radius 2 is 2.15 bits per heavy atom. The van der Waals surface area contributed by atoms with Crippen LogP contribution in [0.5, 0.6) is 0 Å². The van der Waals surface area contributed by atoms with Gasteiger partial charge in [-0.15, -0.1) is 11.3 Å². The highest BCUT2D eigenvalue weighted by Crippen LogP contribution is 2.19. The molecule has 10 heteroatoms. The molecular formula is C16H25N5O2S3. The molecular weight excluding hydrogens is 390 g/mol. The number of hydrogen-bond donors (Lipinski definition) is 0. The minimum atomic E-state index is -2.92. The zero-order chi connectivity index (χ0) is 18.7. The van der Waals surface area contributed by atoms with Crippen LogP contribution in [0.2, 0.25) is 0 Å². The predicted octanol–water partition coefficient (Wildman–Crippen LogP) is 2.22. The molecule has 3 rings (SSSR count). The van der Waals surface area contributed by atoms with Gasteiger partial charge < -0.3 is 0 Å². The predicted molar refractivity (Wildman–Crippen MR) is 105 cm³/mol. The van der Waals surface area contributed by atoms with E-state index in [0.29, 0.717) is 30.3 Å². The van der Waals surface area contributed by atoms with Gasteiger partial charge in [0.15, 0.2) is 9.84 Å². The summed E-state index contributed by atoms with van der Waals surface area (Å²) in [4.78, 5) is 3.47. The van der Waals surface area contributed by atoms with E-state index in [4.69, 9.17) is 12.2 Å². The second-order valence-electron chi connectivity index (χ2n) is 7.18. The van der Waals surface area contributed by atoms with Crippen LogP contribution in [0.1, 0.15) is 25.1 Å². The molecule has 3 heterocycles. The molecule has 2 aromatic rings. The first-order chi connectivity index (χ1) is 12.3. The standard InChI is InChI=1S/C16H25N5O2S3/c1-13(2)10-19(14-6-9-26(22,23)11-14)12-21-16(24)20(17-18-21)7-5-15-4-3-8-25-15/h3-4,8,13-14H,5-7,9-12H2,1-2H3. The van der Waals surface area contributed by atoms with E-state index >= 15 is 0 Å². The van der Waals surface area contributed by atoms with Gasteiger partial charge in [0.1, 0.15) is 0 Å². The van der Waals surface area contributed by atoms with E-state index in [9.17, 15) is 8.42 Å². The normalized spacial score (nSPS) is 19.6. The Balaban J connectivity index is 1.69. The second-order valence-corrected chi connectivity index (χ2v) is 10.8. The van der Waals surface area contributed by atoms with E-state index in [2.05, 4.69) is 40.6 Å². The Hall–Kier alpha value is -1.10. The lowest BCUT2D eigenvalue weighted by molar-refractivity contribution is 0.136. The summed E-state index contributed by atoms with van der Waals surface area (Å²) in [7, 11) is -2.92. The zero-order valence-corrected chi connectivity index (χ0v) is 17.6. The monoisotopic (exact) mass is 415 g/mol. The zero-order valence-electron chi connectivity index (χ0n) is 15.1. The molecule has 0 aromatic carbocycles. The molecule has 144 valence electrons. The number of aryl methyl sites for hydroxylation is 2. The summed E-state index contributed by atoms with van der Waals surface area (Å²) < 4.78 is 27.8. The lowest BCUT2D eigenvalue weighted by atomic mass is 10.1. The molecule has 2 aromatic heterocycles. The average Bonchev–Trinajstić information content (AvgIpc) is 3.27. The van der Waals surface area contributed by atoms with E-state index in [0.717, 1.165) is 13.0 Å². The fraction of sp³-hybridized carbons (Fsp3) is 0.688. The molecule has 1 aliphatic rings. The Bertz CT molecular complexity index is 870. The van der Waals surface area contributed by atoms with Crippen LogP contribution in [0.25, 0.3) is 0 Å². The topological polar surface area (TPSA) is 73.0 Å². The minimum Gasteiger partial charge on any atom is -0.280 e. The van der Waals surface area contributed by atoms with Gasteiger partial charge in [-0.1, -0.05) is 19.9 Å². The van der Waals surface area contributed by atoms with E-state index in [1.807, 2.05) is 6.07 Å². The van der Waals surface area contributed by atoms with Crippen molar-refractivity contribution in [2.24, 2.45) is 5.92 Å². The first-order valence-electron chi connectivity index (χ1n) is 8.81. The Morgan fingerprint density at radius 1 is 1.38 bits per heavy atom. The van der Waals surface area contributed by atoms with Gasteiger partial charge in [-0.25, -0.2) is 17.8 Å². The van der Waals surface area contributed by atoms with E-state index < -0.39 is 9.84 Å². The first-order valence-corrected chi connectivity index (χ1v) is 11.9. The van der Waals surface area contributed by atoms with Crippen LogP contribution < -0.4 is 0 Å². The quantitative estimate of drug-likeness (QED) is 0.616. The number of sulfone groups is 1. The van der Waals surface area contributed by atoms with Gasteiger partial charge in [-0.05, 0) is 46.4 Å². The molecule has 0 aliphatic carbocycles.